The third-order valence-corrected chi connectivity index (χ3v) is 3.40. The van der Waals surface area contributed by atoms with E-state index in [1.807, 2.05) is 24.5 Å². The van der Waals surface area contributed by atoms with Gasteiger partial charge in [0.1, 0.15) is 5.82 Å². The van der Waals surface area contributed by atoms with Crippen molar-refractivity contribution in [2.75, 3.05) is 0 Å². The van der Waals surface area contributed by atoms with E-state index in [1.165, 1.54) is 11.1 Å². The number of pyridine rings is 1. The zero-order valence-electron chi connectivity index (χ0n) is 10.1. The number of aromatic nitrogens is 2. The average molecular weight is 257 g/mol. The molecule has 3 aromatic rings. The fourth-order valence-corrected chi connectivity index (χ4v) is 2.29. The second kappa shape index (κ2) is 4.46. The Bertz CT molecular complexity index is 701. The molecule has 90 valence electrons. The first-order valence-electron chi connectivity index (χ1n) is 5.90. The van der Waals surface area contributed by atoms with Crippen molar-refractivity contribution in [2.24, 2.45) is 0 Å². The molecule has 2 heterocycles. The number of aryl methyl sites for hydroxylation is 1. The van der Waals surface area contributed by atoms with E-state index in [2.05, 4.69) is 40.6 Å². The van der Waals surface area contributed by atoms with E-state index < -0.39 is 0 Å². The Morgan fingerprint density at radius 2 is 2.00 bits per heavy atom. The van der Waals surface area contributed by atoms with E-state index in [4.69, 9.17) is 11.6 Å². The molecule has 0 atom stereocenters. The highest BCUT2D eigenvalue weighted by molar-refractivity contribution is 6.30. The van der Waals surface area contributed by atoms with Crippen LogP contribution in [0.3, 0.4) is 0 Å². The van der Waals surface area contributed by atoms with Crippen LogP contribution in [-0.4, -0.2) is 9.38 Å². The van der Waals surface area contributed by atoms with Gasteiger partial charge in [-0.15, -0.1) is 0 Å². The number of halogens is 1. The van der Waals surface area contributed by atoms with Crippen LogP contribution in [0.2, 0.25) is 5.02 Å². The summed E-state index contributed by atoms with van der Waals surface area (Å²) in [5, 5.41) is 0.728. The summed E-state index contributed by atoms with van der Waals surface area (Å²) < 4.78 is 2.05. The van der Waals surface area contributed by atoms with Crippen molar-refractivity contribution in [1.29, 1.82) is 0 Å². The third kappa shape index (κ3) is 2.00. The summed E-state index contributed by atoms with van der Waals surface area (Å²) in [5.41, 5.74) is 3.66. The van der Waals surface area contributed by atoms with Gasteiger partial charge >= 0.3 is 0 Å². The topological polar surface area (TPSA) is 17.3 Å². The van der Waals surface area contributed by atoms with Crippen LogP contribution in [0.1, 0.15) is 17.0 Å². The molecule has 2 nitrogen and oxygen atoms in total. The van der Waals surface area contributed by atoms with Crippen LogP contribution in [0.25, 0.3) is 5.52 Å². The molecule has 0 radical (unpaired) electrons. The summed E-state index contributed by atoms with van der Waals surface area (Å²) in [6.07, 6.45) is 4.61. The monoisotopic (exact) mass is 256 g/mol. The summed E-state index contributed by atoms with van der Waals surface area (Å²) in [6.45, 7) is 2.12. The normalized spacial score (nSPS) is 11.0. The third-order valence-electron chi connectivity index (χ3n) is 3.18. The first kappa shape index (κ1) is 11.3. The van der Waals surface area contributed by atoms with Gasteiger partial charge in [-0.05, 0) is 30.2 Å². The van der Waals surface area contributed by atoms with Gasteiger partial charge in [-0.1, -0.05) is 35.9 Å². The van der Waals surface area contributed by atoms with Crippen LogP contribution in [0.15, 0.2) is 48.8 Å². The Labute approximate surface area is 111 Å². The summed E-state index contributed by atoms with van der Waals surface area (Å²) >= 11 is 6.03. The average Bonchev–Trinajstić information content (AvgIpc) is 2.75. The van der Waals surface area contributed by atoms with Gasteiger partial charge in [0.25, 0.3) is 0 Å². The van der Waals surface area contributed by atoms with Crippen LogP contribution in [-0.2, 0) is 6.42 Å². The van der Waals surface area contributed by atoms with Crippen LogP contribution in [0.5, 0.6) is 0 Å². The second-order valence-corrected chi connectivity index (χ2v) is 4.86. The van der Waals surface area contributed by atoms with Crippen molar-refractivity contribution in [3.8, 4) is 0 Å². The lowest BCUT2D eigenvalue weighted by atomic mass is 10.1. The minimum Gasteiger partial charge on any atom is -0.302 e. The largest absolute Gasteiger partial charge is 0.302 e. The van der Waals surface area contributed by atoms with Crippen molar-refractivity contribution >= 4 is 17.1 Å². The van der Waals surface area contributed by atoms with E-state index in [9.17, 15) is 0 Å². The van der Waals surface area contributed by atoms with Crippen molar-refractivity contribution in [3.05, 3.63) is 70.8 Å². The molecule has 0 bridgehead atoms. The number of benzene rings is 1. The van der Waals surface area contributed by atoms with Gasteiger partial charge in [0.15, 0.2) is 0 Å². The molecule has 0 aliphatic rings. The van der Waals surface area contributed by atoms with Gasteiger partial charge in [-0.2, -0.15) is 0 Å². The predicted octanol–water partition coefficient (Wildman–Crippen LogP) is 3.89. The Kier molecular flexibility index (Phi) is 2.80. The fraction of sp³-hybridized carbons (Fsp3) is 0.133. The van der Waals surface area contributed by atoms with E-state index in [0.717, 1.165) is 22.8 Å². The minimum absolute atomic E-state index is 0.728. The summed E-state index contributed by atoms with van der Waals surface area (Å²) in [6, 6.07) is 12.2. The van der Waals surface area contributed by atoms with Crippen molar-refractivity contribution < 1.29 is 0 Å². The molecule has 0 fully saturated rings. The second-order valence-electron chi connectivity index (χ2n) is 4.42. The van der Waals surface area contributed by atoms with Crippen molar-refractivity contribution in [2.45, 2.75) is 13.3 Å². The quantitative estimate of drug-likeness (QED) is 0.680. The Morgan fingerprint density at radius 3 is 2.83 bits per heavy atom. The molecule has 0 N–H and O–H groups in total. The number of imidazole rings is 1. The zero-order chi connectivity index (χ0) is 12.5. The van der Waals surface area contributed by atoms with E-state index in [0.29, 0.717) is 0 Å². The molecular weight excluding hydrogens is 244 g/mol. The Balaban J connectivity index is 2.05. The highest BCUT2D eigenvalue weighted by atomic mass is 35.5. The Morgan fingerprint density at radius 1 is 1.17 bits per heavy atom. The maximum absolute atomic E-state index is 6.03. The lowest BCUT2D eigenvalue weighted by Crippen LogP contribution is -1.98. The van der Waals surface area contributed by atoms with Gasteiger partial charge < -0.3 is 4.40 Å². The fourth-order valence-electron chi connectivity index (χ4n) is 2.13. The molecule has 0 saturated carbocycles. The van der Waals surface area contributed by atoms with Gasteiger partial charge in [-0.25, -0.2) is 4.98 Å². The number of fused-ring (bicyclic) bond motifs is 1. The SMILES string of the molecule is Cc1ccccc1Cc1ncc2ccc(Cl)cn12. The van der Waals surface area contributed by atoms with Crippen LogP contribution >= 0.6 is 11.6 Å². The zero-order valence-corrected chi connectivity index (χ0v) is 10.9. The lowest BCUT2D eigenvalue weighted by molar-refractivity contribution is 0.955. The van der Waals surface area contributed by atoms with E-state index in [1.54, 1.807) is 0 Å². The molecule has 3 heteroatoms. The Hall–Kier alpha value is -1.80. The molecule has 2 aromatic heterocycles. The predicted molar refractivity (Wildman–Crippen MR) is 74.2 cm³/mol. The first-order valence-corrected chi connectivity index (χ1v) is 6.28. The summed E-state index contributed by atoms with van der Waals surface area (Å²) in [7, 11) is 0. The molecule has 0 unspecified atom stereocenters. The maximum Gasteiger partial charge on any atom is 0.117 e. The van der Waals surface area contributed by atoms with Crippen LogP contribution in [0.4, 0.5) is 0 Å². The van der Waals surface area contributed by atoms with Crippen molar-refractivity contribution in [1.82, 2.24) is 9.38 Å². The lowest BCUT2D eigenvalue weighted by Gasteiger charge is -2.05. The summed E-state index contributed by atoms with van der Waals surface area (Å²) in [4.78, 5) is 4.48. The number of nitrogens with zero attached hydrogens (tertiary/aromatic N) is 2. The molecule has 1 aromatic carbocycles. The van der Waals surface area contributed by atoms with Gasteiger partial charge in [0, 0.05) is 12.6 Å². The maximum atomic E-state index is 6.03. The van der Waals surface area contributed by atoms with Crippen molar-refractivity contribution in [3.63, 3.8) is 0 Å². The standard InChI is InChI=1S/C15H13ClN2/c1-11-4-2-3-5-12(11)8-15-17-9-14-7-6-13(16)10-18(14)15/h2-7,9-10H,8H2,1H3. The molecule has 0 spiro atoms. The van der Waals surface area contributed by atoms with E-state index >= 15 is 0 Å². The number of rotatable bonds is 2. The van der Waals surface area contributed by atoms with E-state index in [-0.39, 0.29) is 0 Å². The first-order chi connectivity index (χ1) is 8.74. The minimum atomic E-state index is 0.728. The summed E-state index contributed by atoms with van der Waals surface area (Å²) in [5.74, 6) is 1.02. The molecule has 0 amide bonds. The number of hydrogen-bond acceptors (Lipinski definition) is 1. The van der Waals surface area contributed by atoms with Gasteiger partial charge in [0.2, 0.25) is 0 Å². The van der Waals surface area contributed by atoms with Crippen LogP contribution in [0, 0.1) is 6.92 Å². The molecule has 3 rings (SSSR count). The van der Waals surface area contributed by atoms with Crippen LogP contribution < -0.4 is 0 Å². The van der Waals surface area contributed by atoms with Gasteiger partial charge in [-0.3, -0.25) is 0 Å². The molecular formula is C15H13ClN2. The van der Waals surface area contributed by atoms with Gasteiger partial charge in [0.05, 0.1) is 16.7 Å². The molecule has 0 aliphatic heterocycles. The molecule has 0 aliphatic carbocycles. The highest BCUT2D eigenvalue weighted by Gasteiger charge is 2.06. The highest BCUT2D eigenvalue weighted by Crippen LogP contribution is 2.17. The molecule has 18 heavy (non-hydrogen) atoms. The molecule has 0 saturated heterocycles. The number of hydrogen-bond donors (Lipinski definition) is 0. The smallest absolute Gasteiger partial charge is 0.117 e.